The van der Waals surface area contributed by atoms with Crippen LogP contribution in [0.25, 0.3) is 0 Å². The Morgan fingerprint density at radius 2 is 1.94 bits per heavy atom. The van der Waals surface area contributed by atoms with Crippen LogP contribution < -0.4 is 0 Å². The molecule has 1 heterocycles. The molecule has 1 aliphatic heterocycles. The van der Waals surface area contributed by atoms with Gasteiger partial charge in [0.1, 0.15) is 4.99 Å². The quantitative estimate of drug-likeness (QED) is 0.732. The zero-order chi connectivity index (χ0) is 11.9. The molecule has 0 saturated carbocycles. The van der Waals surface area contributed by atoms with Crippen molar-refractivity contribution in [3.8, 4) is 0 Å². The zero-order valence-corrected chi connectivity index (χ0v) is 10.6. The number of benzene rings is 1. The lowest BCUT2D eigenvalue weighted by Crippen LogP contribution is -2.23. The van der Waals surface area contributed by atoms with Gasteiger partial charge in [0.05, 0.1) is 5.56 Å². The molecule has 0 aliphatic carbocycles. The summed E-state index contributed by atoms with van der Waals surface area (Å²) in [6, 6.07) is 4.18. The van der Waals surface area contributed by atoms with Gasteiger partial charge in [0.25, 0.3) is 5.91 Å². The molecular weight excluding hydrogens is 218 g/mol. The van der Waals surface area contributed by atoms with Gasteiger partial charge in [-0.1, -0.05) is 32.1 Å². The fourth-order valence-electron chi connectivity index (χ4n) is 2.11. The van der Waals surface area contributed by atoms with Crippen LogP contribution in [0.3, 0.4) is 0 Å². The highest BCUT2D eigenvalue weighted by Crippen LogP contribution is 2.28. The van der Waals surface area contributed by atoms with Crippen LogP contribution in [0.5, 0.6) is 0 Å². The van der Waals surface area contributed by atoms with Crippen LogP contribution in [0.4, 0.5) is 0 Å². The van der Waals surface area contributed by atoms with Gasteiger partial charge in [-0.2, -0.15) is 0 Å². The van der Waals surface area contributed by atoms with E-state index in [0.717, 1.165) is 29.5 Å². The van der Waals surface area contributed by atoms with Crippen LogP contribution in [0.2, 0.25) is 0 Å². The molecule has 2 nitrogen and oxygen atoms in total. The first-order valence-electron chi connectivity index (χ1n) is 5.58. The summed E-state index contributed by atoms with van der Waals surface area (Å²) in [4.78, 5) is 14.3. The molecule has 0 bridgehead atoms. The highest BCUT2D eigenvalue weighted by Gasteiger charge is 2.31. The fourth-order valence-corrected chi connectivity index (χ4v) is 2.36. The number of hydrogen-bond donors (Lipinski definition) is 0. The third kappa shape index (κ3) is 1.47. The molecule has 1 aromatic rings. The number of carbonyl (C=O) groups is 1. The van der Waals surface area contributed by atoms with Crippen molar-refractivity contribution in [2.45, 2.75) is 26.7 Å². The van der Waals surface area contributed by atoms with Gasteiger partial charge in [-0.3, -0.25) is 4.79 Å². The lowest BCUT2D eigenvalue weighted by molar-refractivity contribution is 0.0883. The summed E-state index contributed by atoms with van der Waals surface area (Å²) in [5.41, 5.74) is 4.12. The van der Waals surface area contributed by atoms with Crippen molar-refractivity contribution in [3.63, 3.8) is 0 Å². The van der Waals surface area contributed by atoms with Crippen molar-refractivity contribution in [2.24, 2.45) is 0 Å². The van der Waals surface area contributed by atoms with Crippen molar-refractivity contribution in [1.29, 1.82) is 0 Å². The summed E-state index contributed by atoms with van der Waals surface area (Å²) in [6.07, 6.45) is 1.85. The fraction of sp³-hybridized carbons (Fsp3) is 0.385. The molecule has 0 fully saturated rings. The van der Waals surface area contributed by atoms with Gasteiger partial charge in [0, 0.05) is 12.6 Å². The van der Waals surface area contributed by atoms with E-state index < -0.39 is 0 Å². The molecular formula is C13H15NOS. The Labute approximate surface area is 101 Å². The molecule has 84 valence electrons. The summed E-state index contributed by atoms with van der Waals surface area (Å²) in [5.74, 6) is 0.0412. The predicted molar refractivity (Wildman–Crippen MR) is 69.0 cm³/mol. The lowest BCUT2D eigenvalue weighted by Gasteiger charge is -2.06. The molecule has 0 spiro atoms. The van der Waals surface area contributed by atoms with Gasteiger partial charge in [-0.05, 0) is 30.0 Å². The van der Waals surface area contributed by atoms with Crippen molar-refractivity contribution >= 4 is 23.1 Å². The van der Waals surface area contributed by atoms with Crippen LogP contribution in [0, 0.1) is 0 Å². The molecule has 0 N–H and O–H groups in total. The number of carbonyl (C=O) groups excluding carboxylic acids is 1. The van der Waals surface area contributed by atoms with E-state index in [1.807, 2.05) is 0 Å². The Morgan fingerprint density at radius 3 is 2.50 bits per heavy atom. The Morgan fingerprint density at radius 1 is 1.25 bits per heavy atom. The zero-order valence-electron chi connectivity index (χ0n) is 9.83. The number of rotatable bonds is 2. The first-order valence-corrected chi connectivity index (χ1v) is 5.99. The number of fused-ring (bicyclic) bond motifs is 1. The maximum atomic E-state index is 12.0. The Hall–Kier alpha value is -1.22. The van der Waals surface area contributed by atoms with E-state index >= 15 is 0 Å². The molecule has 2 rings (SSSR count). The van der Waals surface area contributed by atoms with Crippen molar-refractivity contribution in [3.05, 3.63) is 34.4 Å². The van der Waals surface area contributed by atoms with E-state index in [-0.39, 0.29) is 5.91 Å². The highest BCUT2D eigenvalue weighted by molar-refractivity contribution is 7.80. The summed E-state index contributed by atoms with van der Waals surface area (Å²) in [5, 5.41) is 0. The maximum Gasteiger partial charge on any atom is 0.259 e. The monoisotopic (exact) mass is 233 g/mol. The van der Waals surface area contributed by atoms with Crippen LogP contribution in [-0.2, 0) is 12.8 Å². The van der Waals surface area contributed by atoms with Gasteiger partial charge < -0.3 is 4.90 Å². The molecule has 0 aromatic heterocycles. The van der Waals surface area contributed by atoms with E-state index in [1.54, 1.807) is 11.9 Å². The summed E-state index contributed by atoms with van der Waals surface area (Å²) in [7, 11) is 1.75. The summed E-state index contributed by atoms with van der Waals surface area (Å²) >= 11 is 5.29. The van der Waals surface area contributed by atoms with Gasteiger partial charge in [-0.15, -0.1) is 0 Å². The maximum absolute atomic E-state index is 12.0. The minimum atomic E-state index is 0.0412. The molecule has 0 saturated heterocycles. The normalized spacial score (nSPS) is 14.6. The van der Waals surface area contributed by atoms with E-state index in [2.05, 4.69) is 26.0 Å². The highest BCUT2D eigenvalue weighted by atomic mass is 32.1. The lowest BCUT2D eigenvalue weighted by atomic mass is 9.97. The third-order valence-electron chi connectivity index (χ3n) is 3.12. The molecule has 0 radical (unpaired) electrons. The molecule has 1 aromatic carbocycles. The predicted octanol–water partition coefficient (Wildman–Crippen LogP) is 2.57. The van der Waals surface area contributed by atoms with Crippen LogP contribution >= 0.6 is 12.2 Å². The first-order chi connectivity index (χ1) is 7.60. The molecule has 1 aliphatic rings. The largest absolute Gasteiger partial charge is 0.302 e. The van der Waals surface area contributed by atoms with E-state index in [1.165, 1.54) is 5.56 Å². The van der Waals surface area contributed by atoms with Crippen LogP contribution in [-0.4, -0.2) is 22.8 Å². The average Bonchev–Trinajstić information content (AvgIpc) is 2.53. The number of thiocarbonyl (C=S) groups is 1. The average molecular weight is 233 g/mol. The third-order valence-corrected chi connectivity index (χ3v) is 3.62. The molecule has 0 atom stereocenters. The van der Waals surface area contributed by atoms with E-state index in [0.29, 0.717) is 4.99 Å². The standard InChI is InChI=1S/C13H15NOS/c1-4-8-6-9(5-2)11-10(7-8)13(16)14(3)12(11)15/h6-7H,4-5H2,1-3H3. The second-order valence-electron chi connectivity index (χ2n) is 4.05. The summed E-state index contributed by atoms with van der Waals surface area (Å²) < 4.78 is 0. The molecule has 1 amide bonds. The van der Waals surface area contributed by atoms with E-state index in [9.17, 15) is 4.79 Å². The molecule has 16 heavy (non-hydrogen) atoms. The van der Waals surface area contributed by atoms with Crippen molar-refractivity contribution in [1.82, 2.24) is 4.90 Å². The van der Waals surface area contributed by atoms with Gasteiger partial charge >= 0.3 is 0 Å². The van der Waals surface area contributed by atoms with Gasteiger partial charge in [0.15, 0.2) is 0 Å². The first kappa shape index (κ1) is 11.3. The SMILES string of the molecule is CCc1cc(CC)c2c(c1)C(=S)N(C)C2=O. The van der Waals surface area contributed by atoms with E-state index in [4.69, 9.17) is 12.2 Å². The van der Waals surface area contributed by atoms with Crippen LogP contribution in [0.1, 0.15) is 40.9 Å². The van der Waals surface area contributed by atoms with Gasteiger partial charge in [0.2, 0.25) is 0 Å². The Kier molecular flexibility index (Phi) is 2.80. The minimum absolute atomic E-state index is 0.0412. The number of nitrogens with zero attached hydrogens (tertiary/aromatic N) is 1. The second-order valence-corrected chi connectivity index (χ2v) is 4.44. The number of hydrogen-bond acceptors (Lipinski definition) is 2. The minimum Gasteiger partial charge on any atom is -0.302 e. The Balaban J connectivity index is 2.69. The Bertz CT molecular complexity index is 479. The smallest absolute Gasteiger partial charge is 0.259 e. The van der Waals surface area contributed by atoms with Crippen molar-refractivity contribution < 1.29 is 4.79 Å². The van der Waals surface area contributed by atoms with Crippen molar-refractivity contribution in [2.75, 3.05) is 7.05 Å². The topological polar surface area (TPSA) is 20.3 Å². The molecule has 0 unspecified atom stereocenters. The number of aryl methyl sites for hydroxylation is 2. The summed E-state index contributed by atoms with van der Waals surface area (Å²) in [6.45, 7) is 4.19. The van der Waals surface area contributed by atoms with Gasteiger partial charge in [-0.25, -0.2) is 0 Å². The number of amides is 1. The van der Waals surface area contributed by atoms with Crippen LogP contribution in [0.15, 0.2) is 12.1 Å². The molecule has 3 heteroatoms. The second kappa shape index (κ2) is 3.98.